The lowest BCUT2D eigenvalue weighted by molar-refractivity contribution is 0.0937. The van der Waals surface area contributed by atoms with Crippen LogP contribution in [0.2, 0.25) is 0 Å². The molecule has 20 heavy (non-hydrogen) atoms. The van der Waals surface area contributed by atoms with E-state index in [1.165, 1.54) is 7.11 Å². The Hall–Kier alpha value is -2.50. The fraction of sp³-hybridized carbons (Fsp3) is 0.286. The minimum atomic E-state index is -0.210. The highest BCUT2D eigenvalue weighted by atomic mass is 16.5. The molecule has 2 aromatic rings. The molecular weight excluding hydrogens is 258 g/mol. The van der Waals surface area contributed by atoms with Crippen molar-refractivity contribution in [2.75, 3.05) is 14.2 Å². The predicted octanol–water partition coefficient (Wildman–Crippen LogP) is 1.92. The van der Waals surface area contributed by atoms with E-state index in [2.05, 4.69) is 15.5 Å². The molecule has 1 atom stereocenters. The Morgan fingerprint density at radius 2 is 2.15 bits per heavy atom. The maximum Gasteiger partial charge on any atom is 0.255 e. The molecule has 2 N–H and O–H groups in total. The Balaban J connectivity index is 2.16. The SMILES string of the molecule is COc1ccc(C(=O)NC(C)c2cn[nH]c2)c(OC)c1. The van der Waals surface area contributed by atoms with Gasteiger partial charge in [0.1, 0.15) is 11.5 Å². The number of nitrogens with zero attached hydrogens (tertiary/aromatic N) is 1. The molecule has 0 bridgehead atoms. The van der Waals surface area contributed by atoms with E-state index >= 15 is 0 Å². The Labute approximate surface area is 117 Å². The second-order valence-electron chi connectivity index (χ2n) is 4.29. The third-order valence-electron chi connectivity index (χ3n) is 3.02. The minimum absolute atomic E-state index is 0.145. The number of methoxy groups -OCH3 is 2. The molecule has 0 aliphatic carbocycles. The third-order valence-corrected chi connectivity index (χ3v) is 3.02. The number of hydrogen-bond acceptors (Lipinski definition) is 4. The van der Waals surface area contributed by atoms with Crippen LogP contribution in [0, 0.1) is 0 Å². The number of H-pyrrole nitrogens is 1. The molecule has 1 amide bonds. The molecular formula is C14H17N3O3. The number of nitrogens with one attached hydrogen (secondary N) is 2. The summed E-state index contributed by atoms with van der Waals surface area (Å²) in [7, 11) is 3.08. The standard InChI is InChI=1S/C14H17N3O3/c1-9(10-7-15-16-8-10)17-14(18)12-5-4-11(19-2)6-13(12)20-3/h4-9H,1-3H3,(H,15,16)(H,17,18). The van der Waals surface area contributed by atoms with Crippen molar-refractivity contribution in [1.82, 2.24) is 15.5 Å². The zero-order valence-electron chi connectivity index (χ0n) is 11.6. The van der Waals surface area contributed by atoms with Crippen LogP contribution in [0.4, 0.5) is 0 Å². The van der Waals surface area contributed by atoms with Crippen molar-refractivity contribution in [3.63, 3.8) is 0 Å². The van der Waals surface area contributed by atoms with Crippen LogP contribution in [0.15, 0.2) is 30.6 Å². The van der Waals surface area contributed by atoms with Crippen LogP contribution >= 0.6 is 0 Å². The summed E-state index contributed by atoms with van der Waals surface area (Å²) in [6.07, 6.45) is 3.42. The number of carbonyl (C=O) groups is 1. The van der Waals surface area contributed by atoms with Gasteiger partial charge in [0.15, 0.2) is 0 Å². The maximum absolute atomic E-state index is 12.3. The molecule has 0 spiro atoms. The highest BCUT2D eigenvalue weighted by molar-refractivity contribution is 5.97. The summed E-state index contributed by atoms with van der Waals surface area (Å²) in [4.78, 5) is 12.3. The summed E-state index contributed by atoms with van der Waals surface area (Å²) >= 11 is 0. The van der Waals surface area contributed by atoms with Gasteiger partial charge in [0.25, 0.3) is 5.91 Å². The summed E-state index contributed by atoms with van der Waals surface area (Å²) in [6, 6.07) is 4.93. The molecule has 0 saturated carbocycles. The number of carbonyl (C=O) groups excluding carboxylic acids is 1. The smallest absolute Gasteiger partial charge is 0.255 e. The van der Waals surface area contributed by atoms with Crippen LogP contribution in [-0.4, -0.2) is 30.3 Å². The van der Waals surface area contributed by atoms with E-state index in [0.29, 0.717) is 17.1 Å². The largest absolute Gasteiger partial charge is 0.497 e. The van der Waals surface area contributed by atoms with Crippen molar-refractivity contribution < 1.29 is 14.3 Å². The van der Waals surface area contributed by atoms with Crippen LogP contribution < -0.4 is 14.8 Å². The first-order valence-electron chi connectivity index (χ1n) is 6.17. The number of hydrogen-bond donors (Lipinski definition) is 2. The van der Waals surface area contributed by atoms with Gasteiger partial charge in [-0.1, -0.05) is 0 Å². The van der Waals surface area contributed by atoms with Gasteiger partial charge in [-0.25, -0.2) is 0 Å². The Morgan fingerprint density at radius 1 is 1.35 bits per heavy atom. The van der Waals surface area contributed by atoms with Gasteiger partial charge in [-0.3, -0.25) is 9.89 Å². The van der Waals surface area contributed by atoms with E-state index in [1.807, 2.05) is 6.92 Å². The maximum atomic E-state index is 12.3. The lowest BCUT2D eigenvalue weighted by Crippen LogP contribution is -2.26. The van der Waals surface area contributed by atoms with E-state index in [-0.39, 0.29) is 11.9 Å². The summed E-state index contributed by atoms with van der Waals surface area (Å²) in [5, 5.41) is 9.47. The first kappa shape index (κ1) is 13.9. The predicted molar refractivity (Wildman–Crippen MR) is 74.0 cm³/mol. The molecule has 0 aliphatic heterocycles. The fourth-order valence-corrected chi connectivity index (χ4v) is 1.84. The number of ether oxygens (including phenoxy) is 2. The number of benzene rings is 1. The number of aromatic nitrogens is 2. The first-order valence-corrected chi connectivity index (χ1v) is 6.17. The lowest BCUT2D eigenvalue weighted by Gasteiger charge is -2.14. The topological polar surface area (TPSA) is 76.2 Å². The van der Waals surface area contributed by atoms with Gasteiger partial charge in [0, 0.05) is 17.8 Å². The van der Waals surface area contributed by atoms with Crippen molar-refractivity contribution >= 4 is 5.91 Å². The molecule has 6 heteroatoms. The van der Waals surface area contributed by atoms with E-state index in [9.17, 15) is 4.79 Å². The highest BCUT2D eigenvalue weighted by Gasteiger charge is 2.16. The number of rotatable bonds is 5. The van der Waals surface area contributed by atoms with Crippen molar-refractivity contribution in [3.8, 4) is 11.5 Å². The van der Waals surface area contributed by atoms with Gasteiger partial charge < -0.3 is 14.8 Å². The van der Waals surface area contributed by atoms with E-state index in [1.54, 1.807) is 37.7 Å². The molecule has 6 nitrogen and oxygen atoms in total. The molecule has 1 aromatic carbocycles. The zero-order chi connectivity index (χ0) is 14.5. The molecule has 1 aromatic heterocycles. The molecule has 1 heterocycles. The van der Waals surface area contributed by atoms with Crippen molar-refractivity contribution in [1.29, 1.82) is 0 Å². The van der Waals surface area contributed by atoms with E-state index in [0.717, 1.165) is 5.56 Å². The normalized spacial score (nSPS) is 11.8. The van der Waals surface area contributed by atoms with Crippen molar-refractivity contribution in [2.24, 2.45) is 0 Å². The summed E-state index contributed by atoms with van der Waals surface area (Å²) in [5.41, 5.74) is 1.37. The molecule has 2 rings (SSSR count). The van der Waals surface area contributed by atoms with Crippen LogP contribution in [0.3, 0.4) is 0 Å². The monoisotopic (exact) mass is 275 g/mol. The Morgan fingerprint density at radius 3 is 2.75 bits per heavy atom. The third kappa shape index (κ3) is 2.90. The van der Waals surface area contributed by atoms with Crippen LogP contribution in [0.1, 0.15) is 28.9 Å². The Kier molecular flexibility index (Phi) is 4.24. The average molecular weight is 275 g/mol. The second kappa shape index (κ2) is 6.10. The van der Waals surface area contributed by atoms with Gasteiger partial charge >= 0.3 is 0 Å². The number of amides is 1. The molecule has 106 valence electrons. The van der Waals surface area contributed by atoms with Gasteiger partial charge in [0.2, 0.25) is 0 Å². The van der Waals surface area contributed by atoms with Crippen LogP contribution in [-0.2, 0) is 0 Å². The summed E-state index contributed by atoms with van der Waals surface area (Å²) in [6.45, 7) is 1.89. The van der Waals surface area contributed by atoms with Crippen molar-refractivity contribution in [2.45, 2.75) is 13.0 Å². The quantitative estimate of drug-likeness (QED) is 0.874. The lowest BCUT2D eigenvalue weighted by atomic mass is 10.1. The van der Waals surface area contributed by atoms with Gasteiger partial charge in [-0.05, 0) is 19.1 Å². The summed E-state index contributed by atoms with van der Waals surface area (Å²) in [5.74, 6) is 0.903. The summed E-state index contributed by atoms with van der Waals surface area (Å²) < 4.78 is 10.3. The molecule has 0 radical (unpaired) electrons. The first-order chi connectivity index (χ1) is 9.65. The van der Waals surface area contributed by atoms with Gasteiger partial charge in [-0.15, -0.1) is 0 Å². The minimum Gasteiger partial charge on any atom is -0.497 e. The average Bonchev–Trinajstić information content (AvgIpc) is 3.00. The molecule has 1 unspecified atom stereocenters. The second-order valence-corrected chi connectivity index (χ2v) is 4.29. The van der Waals surface area contributed by atoms with Gasteiger partial charge in [-0.2, -0.15) is 5.10 Å². The van der Waals surface area contributed by atoms with Gasteiger partial charge in [0.05, 0.1) is 32.0 Å². The highest BCUT2D eigenvalue weighted by Crippen LogP contribution is 2.25. The number of aromatic amines is 1. The van der Waals surface area contributed by atoms with E-state index in [4.69, 9.17) is 9.47 Å². The molecule has 0 fully saturated rings. The molecule has 0 aliphatic rings. The molecule has 0 saturated heterocycles. The van der Waals surface area contributed by atoms with Crippen LogP contribution in [0.25, 0.3) is 0 Å². The Bertz CT molecular complexity index is 581. The van der Waals surface area contributed by atoms with Crippen molar-refractivity contribution in [3.05, 3.63) is 41.7 Å². The zero-order valence-corrected chi connectivity index (χ0v) is 11.6. The van der Waals surface area contributed by atoms with Crippen LogP contribution in [0.5, 0.6) is 11.5 Å². The van der Waals surface area contributed by atoms with E-state index < -0.39 is 0 Å². The fourth-order valence-electron chi connectivity index (χ4n) is 1.84.